The number of carbonyl (C=O) groups is 1. The van der Waals surface area contributed by atoms with Gasteiger partial charge in [0.1, 0.15) is 5.75 Å². The zero-order chi connectivity index (χ0) is 11.3. The maximum atomic E-state index is 10.4. The van der Waals surface area contributed by atoms with Gasteiger partial charge in [0.25, 0.3) is 0 Å². The van der Waals surface area contributed by atoms with Gasteiger partial charge in [0.05, 0.1) is 7.11 Å². The molecule has 0 amide bonds. The summed E-state index contributed by atoms with van der Waals surface area (Å²) >= 11 is 6.00. The smallest absolute Gasteiger partial charge is 0.303 e. The van der Waals surface area contributed by atoms with Crippen LogP contribution in [0.2, 0.25) is 5.02 Å². The molecule has 0 fully saturated rings. The van der Waals surface area contributed by atoms with E-state index in [0.29, 0.717) is 23.6 Å². The van der Waals surface area contributed by atoms with Gasteiger partial charge in [-0.05, 0) is 25.0 Å². The predicted octanol–water partition coefficient (Wildman–Crippen LogP) is 2.76. The van der Waals surface area contributed by atoms with Crippen LogP contribution >= 0.6 is 11.6 Å². The number of rotatable bonds is 5. The van der Waals surface area contributed by atoms with Crippen molar-refractivity contribution in [2.24, 2.45) is 0 Å². The summed E-state index contributed by atoms with van der Waals surface area (Å²) in [6.07, 6.45) is 1.33. The van der Waals surface area contributed by atoms with Crippen molar-refractivity contribution in [3.63, 3.8) is 0 Å². The minimum atomic E-state index is -0.791. The average molecular weight is 229 g/mol. The fourth-order valence-electron chi connectivity index (χ4n) is 1.39. The van der Waals surface area contributed by atoms with Crippen LogP contribution in [-0.2, 0) is 11.2 Å². The lowest BCUT2D eigenvalue weighted by Crippen LogP contribution is -1.98. The normalized spacial score (nSPS) is 10.0. The molecule has 1 N–H and O–H groups in total. The molecule has 15 heavy (non-hydrogen) atoms. The molecule has 1 aromatic rings. The van der Waals surface area contributed by atoms with Crippen molar-refractivity contribution in [1.82, 2.24) is 0 Å². The van der Waals surface area contributed by atoms with Crippen LogP contribution in [0.4, 0.5) is 0 Å². The van der Waals surface area contributed by atoms with Crippen LogP contribution in [0.5, 0.6) is 5.75 Å². The summed E-state index contributed by atoms with van der Waals surface area (Å²) in [6, 6.07) is 5.41. The molecular formula is C11H13ClO3. The van der Waals surface area contributed by atoms with Crippen LogP contribution in [-0.4, -0.2) is 18.2 Å². The van der Waals surface area contributed by atoms with Gasteiger partial charge in [-0.1, -0.05) is 17.7 Å². The Kier molecular flexibility index (Phi) is 4.43. The van der Waals surface area contributed by atoms with E-state index < -0.39 is 5.97 Å². The predicted molar refractivity (Wildman–Crippen MR) is 58.6 cm³/mol. The van der Waals surface area contributed by atoms with Crippen LogP contribution in [0.1, 0.15) is 18.4 Å². The van der Waals surface area contributed by atoms with Gasteiger partial charge in [0, 0.05) is 17.0 Å². The number of carboxylic acids is 1. The van der Waals surface area contributed by atoms with Gasteiger partial charge >= 0.3 is 5.97 Å². The summed E-state index contributed by atoms with van der Waals surface area (Å²) in [6.45, 7) is 0. The molecule has 0 saturated carbocycles. The van der Waals surface area contributed by atoms with E-state index in [4.69, 9.17) is 21.4 Å². The van der Waals surface area contributed by atoms with Gasteiger partial charge in [-0.2, -0.15) is 0 Å². The Hall–Kier alpha value is -1.22. The van der Waals surface area contributed by atoms with Crippen LogP contribution in [0.3, 0.4) is 0 Å². The second-order valence-corrected chi connectivity index (χ2v) is 3.58. The fourth-order valence-corrected chi connectivity index (χ4v) is 1.65. The highest BCUT2D eigenvalue weighted by molar-refractivity contribution is 6.31. The monoisotopic (exact) mass is 228 g/mol. The third kappa shape index (κ3) is 3.44. The molecule has 0 saturated heterocycles. The zero-order valence-corrected chi connectivity index (χ0v) is 9.25. The van der Waals surface area contributed by atoms with E-state index in [2.05, 4.69) is 0 Å². The number of hydrogen-bond acceptors (Lipinski definition) is 2. The lowest BCUT2D eigenvalue weighted by molar-refractivity contribution is -0.137. The Bertz CT molecular complexity index is 350. The minimum absolute atomic E-state index is 0.147. The lowest BCUT2D eigenvalue weighted by atomic mass is 10.1. The number of carboxylic acid groups (broad SMARTS) is 1. The highest BCUT2D eigenvalue weighted by Gasteiger charge is 2.07. The fraction of sp³-hybridized carbons (Fsp3) is 0.364. The van der Waals surface area contributed by atoms with Crippen molar-refractivity contribution in [2.75, 3.05) is 7.11 Å². The average Bonchev–Trinajstić information content (AvgIpc) is 2.20. The molecule has 1 aromatic carbocycles. The zero-order valence-electron chi connectivity index (χ0n) is 8.50. The van der Waals surface area contributed by atoms with Crippen LogP contribution in [0.15, 0.2) is 18.2 Å². The standard InChI is InChI=1S/C11H13ClO3/c1-15-10-6-3-5-9(12)8(10)4-2-7-11(13)14/h3,5-6H,2,4,7H2,1H3,(H,13,14). The Labute approximate surface area is 93.6 Å². The van der Waals surface area contributed by atoms with Gasteiger partial charge < -0.3 is 9.84 Å². The quantitative estimate of drug-likeness (QED) is 0.843. The topological polar surface area (TPSA) is 46.5 Å². The number of ether oxygens (including phenoxy) is 1. The number of benzene rings is 1. The Morgan fingerprint density at radius 2 is 2.27 bits per heavy atom. The van der Waals surface area contributed by atoms with Gasteiger partial charge in [0.2, 0.25) is 0 Å². The van der Waals surface area contributed by atoms with Crippen molar-refractivity contribution >= 4 is 17.6 Å². The molecule has 0 aliphatic rings. The molecule has 1 rings (SSSR count). The first-order valence-corrected chi connectivity index (χ1v) is 5.06. The molecule has 3 nitrogen and oxygen atoms in total. The molecule has 0 aliphatic carbocycles. The second-order valence-electron chi connectivity index (χ2n) is 3.17. The molecule has 0 unspecified atom stereocenters. The van der Waals surface area contributed by atoms with E-state index in [9.17, 15) is 4.79 Å². The van der Waals surface area contributed by atoms with E-state index in [-0.39, 0.29) is 6.42 Å². The summed E-state index contributed by atoms with van der Waals surface area (Å²) in [5.41, 5.74) is 0.878. The highest BCUT2D eigenvalue weighted by atomic mass is 35.5. The molecule has 0 atom stereocenters. The third-order valence-electron chi connectivity index (χ3n) is 2.11. The minimum Gasteiger partial charge on any atom is -0.496 e. The molecule has 0 aliphatic heterocycles. The van der Waals surface area contributed by atoms with E-state index in [1.807, 2.05) is 12.1 Å². The molecule has 0 spiro atoms. The maximum absolute atomic E-state index is 10.4. The van der Waals surface area contributed by atoms with Crippen molar-refractivity contribution in [3.05, 3.63) is 28.8 Å². The Morgan fingerprint density at radius 3 is 2.87 bits per heavy atom. The van der Waals surface area contributed by atoms with Crippen molar-refractivity contribution in [1.29, 1.82) is 0 Å². The molecule has 0 heterocycles. The van der Waals surface area contributed by atoms with E-state index >= 15 is 0 Å². The number of halogens is 1. The van der Waals surface area contributed by atoms with Crippen LogP contribution in [0, 0.1) is 0 Å². The van der Waals surface area contributed by atoms with E-state index in [1.165, 1.54) is 0 Å². The van der Waals surface area contributed by atoms with Crippen molar-refractivity contribution in [2.45, 2.75) is 19.3 Å². The van der Waals surface area contributed by atoms with E-state index in [0.717, 1.165) is 5.56 Å². The summed E-state index contributed by atoms with van der Waals surface area (Å²) in [4.78, 5) is 10.4. The summed E-state index contributed by atoms with van der Waals surface area (Å²) in [5.74, 6) is -0.0751. The third-order valence-corrected chi connectivity index (χ3v) is 2.47. The Morgan fingerprint density at radius 1 is 1.53 bits per heavy atom. The van der Waals surface area contributed by atoms with Crippen molar-refractivity contribution in [3.8, 4) is 5.75 Å². The van der Waals surface area contributed by atoms with Gasteiger partial charge in [0.15, 0.2) is 0 Å². The first kappa shape index (κ1) is 11.9. The first-order chi connectivity index (χ1) is 7.15. The van der Waals surface area contributed by atoms with Gasteiger partial charge in [-0.3, -0.25) is 4.79 Å². The molecule has 0 radical (unpaired) electrons. The van der Waals surface area contributed by atoms with Gasteiger partial charge in [-0.25, -0.2) is 0 Å². The lowest BCUT2D eigenvalue weighted by Gasteiger charge is -2.09. The van der Waals surface area contributed by atoms with Gasteiger partial charge in [-0.15, -0.1) is 0 Å². The maximum Gasteiger partial charge on any atom is 0.303 e. The first-order valence-electron chi connectivity index (χ1n) is 4.68. The Balaban J connectivity index is 2.70. The van der Waals surface area contributed by atoms with E-state index in [1.54, 1.807) is 13.2 Å². The number of aliphatic carboxylic acids is 1. The summed E-state index contributed by atoms with van der Waals surface area (Å²) in [7, 11) is 1.58. The largest absolute Gasteiger partial charge is 0.496 e. The number of hydrogen-bond donors (Lipinski definition) is 1. The SMILES string of the molecule is COc1cccc(Cl)c1CCCC(=O)O. The summed E-state index contributed by atoms with van der Waals surface area (Å²) in [5, 5.41) is 9.15. The molecular weight excluding hydrogens is 216 g/mol. The van der Waals surface area contributed by atoms with Crippen molar-refractivity contribution < 1.29 is 14.6 Å². The highest BCUT2D eigenvalue weighted by Crippen LogP contribution is 2.27. The molecule has 4 heteroatoms. The van der Waals surface area contributed by atoms with Crippen LogP contribution < -0.4 is 4.74 Å². The molecule has 82 valence electrons. The molecule has 0 aromatic heterocycles. The number of methoxy groups -OCH3 is 1. The second kappa shape index (κ2) is 5.61. The molecule has 0 bridgehead atoms. The summed E-state index contributed by atoms with van der Waals surface area (Å²) < 4.78 is 5.15. The van der Waals surface area contributed by atoms with Crippen LogP contribution in [0.25, 0.3) is 0 Å².